The molecule has 60 valence electrons. The van der Waals surface area contributed by atoms with Crippen LogP contribution in [0.25, 0.3) is 11.3 Å². The molecule has 0 atom stereocenters. The number of nitrogens with zero attached hydrogens (tertiary/aromatic N) is 1. The summed E-state index contributed by atoms with van der Waals surface area (Å²) in [6, 6.07) is 7.65. The largest absolute Gasteiger partial charge is 0.457 e. The predicted octanol–water partition coefficient (Wildman–Crippen LogP) is 3.10. The van der Waals surface area contributed by atoms with Crippen LogP contribution in [0.4, 0.5) is 0 Å². The molecule has 2 nitrogen and oxygen atoms in total. The highest BCUT2D eigenvalue weighted by atomic mass is 79.9. The van der Waals surface area contributed by atoms with E-state index >= 15 is 0 Å². The average molecular weight is 224 g/mol. The molecule has 0 spiro atoms. The highest BCUT2D eigenvalue weighted by Gasteiger charge is 2.04. The molecule has 0 aliphatic heterocycles. The Morgan fingerprint density at radius 1 is 1.25 bits per heavy atom. The summed E-state index contributed by atoms with van der Waals surface area (Å²) in [5.41, 5.74) is 1.90. The van der Waals surface area contributed by atoms with Crippen LogP contribution in [0.5, 0.6) is 0 Å². The van der Waals surface area contributed by atoms with Crippen LogP contribution in [0.15, 0.2) is 45.8 Å². The van der Waals surface area contributed by atoms with Gasteiger partial charge in [0.15, 0.2) is 4.67 Å². The van der Waals surface area contributed by atoms with Crippen molar-refractivity contribution in [1.29, 1.82) is 0 Å². The molecule has 0 bridgehead atoms. The highest BCUT2D eigenvalue weighted by molar-refractivity contribution is 9.10. The van der Waals surface area contributed by atoms with E-state index in [2.05, 4.69) is 20.9 Å². The van der Waals surface area contributed by atoms with Gasteiger partial charge in [0.2, 0.25) is 0 Å². The summed E-state index contributed by atoms with van der Waals surface area (Å²) < 4.78 is 5.82. The van der Waals surface area contributed by atoms with Crippen molar-refractivity contribution in [2.75, 3.05) is 0 Å². The third-order valence-corrected chi connectivity index (χ3v) is 2.17. The Bertz CT molecular complexity index is 369. The lowest BCUT2D eigenvalue weighted by Crippen LogP contribution is -1.78. The van der Waals surface area contributed by atoms with Crippen LogP contribution in [-0.2, 0) is 0 Å². The lowest BCUT2D eigenvalue weighted by atomic mass is 10.2. The fourth-order valence-corrected chi connectivity index (χ4v) is 1.44. The zero-order valence-electron chi connectivity index (χ0n) is 6.20. The molecule has 0 radical (unpaired) electrons. The van der Waals surface area contributed by atoms with E-state index in [1.807, 2.05) is 24.3 Å². The van der Waals surface area contributed by atoms with Gasteiger partial charge >= 0.3 is 0 Å². The van der Waals surface area contributed by atoms with Gasteiger partial charge < -0.3 is 4.42 Å². The standard InChI is InChI=1S/C9H6BrNO/c10-9-7(4-6-12-9)8-3-1-2-5-11-8/h1-6H. The van der Waals surface area contributed by atoms with Gasteiger partial charge in [-0.2, -0.15) is 0 Å². The summed E-state index contributed by atoms with van der Waals surface area (Å²) in [5, 5.41) is 0. The van der Waals surface area contributed by atoms with Gasteiger partial charge in [-0.1, -0.05) is 6.07 Å². The van der Waals surface area contributed by atoms with Crippen LogP contribution in [0.3, 0.4) is 0 Å². The van der Waals surface area contributed by atoms with Gasteiger partial charge in [-0.25, -0.2) is 0 Å². The first kappa shape index (κ1) is 7.55. The van der Waals surface area contributed by atoms with Gasteiger partial charge in [0.1, 0.15) is 0 Å². The second kappa shape index (κ2) is 3.11. The molecule has 0 N–H and O–H groups in total. The van der Waals surface area contributed by atoms with Crippen molar-refractivity contribution in [3.63, 3.8) is 0 Å². The lowest BCUT2D eigenvalue weighted by molar-refractivity contribution is 0.542. The van der Waals surface area contributed by atoms with E-state index in [4.69, 9.17) is 4.42 Å². The van der Waals surface area contributed by atoms with Crippen LogP contribution >= 0.6 is 15.9 Å². The average Bonchev–Trinajstić information content (AvgIpc) is 2.53. The van der Waals surface area contributed by atoms with Crippen molar-refractivity contribution >= 4 is 15.9 Å². The molecule has 2 aromatic heterocycles. The molecule has 0 saturated heterocycles. The van der Waals surface area contributed by atoms with Gasteiger partial charge in [0.05, 0.1) is 17.5 Å². The summed E-state index contributed by atoms with van der Waals surface area (Å²) in [4.78, 5) is 4.19. The molecule has 2 rings (SSSR count). The summed E-state index contributed by atoms with van der Waals surface area (Å²) in [7, 11) is 0. The minimum absolute atomic E-state index is 0.723. The molecule has 0 saturated carbocycles. The summed E-state index contributed by atoms with van der Waals surface area (Å²) in [5.74, 6) is 0. The normalized spacial score (nSPS) is 10.1. The summed E-state index contributed by atoms with van der Waals surface area (Å²) in [6.45, 7) is 0. The van der Waals surface area contributed by atoms with E-state index in [-0.39, 0.29) is 0 Å². The summed E-state index contributed by atoms with van der Waals surface area (Å²) in [6.07, 6.45) is 3.39. The molecule has 12 heavy (non-hydrogen) atoms. The molecule has 0 unspecified atom stereocenters. The van der Waals surface area contributed by atoms with Gasteiger partial charge in [0.25, 0.3) is 0 Å². The first-order valence-corrected chi connectivity index (χ1v) is 4.31. The molecule has 0 aromatic carbocycles. The van der Waals surface area contributed by atoms with E-state index in [1.165, 1.54) is 0 Å². The Hall–Kier alpha value is -1.09. The monoisotopic (exact) mass is 223 g/mol. The molecule has 2 heterocycles. The van der Waals surface area contributed by atoms with Crippen LogP contribution in [0.2, 0.25) is 0 Å². The minimum Gasteiger partial charge on any atom is -0.457 e. The van der Waals surface area contributed by atoms with Gasteiger partial charge in [0, 0.05) is 6.20 Å². The van der Waals surface area contributed by atoms with Crippen molar-refractivity contribution in [2.45, 2.75) is 0 Å². The predicted molar refractivity (Wildman–Crippen MR) is 49.6 cm³/mol. The van der Waals surface area contributed by atoms with Gasteiger partial charge in [-0.15, -0.1) is 0 Å². The second-order valence-electron chi connectivity index (χ2n) is 2.32. The van der Waals surface area contributed by atoms with Gasteiger partial charge in [-0.05, 0) is 34.1 Å². The number of rotatable bonds is 1. The maximum atomic E-state index is 5.10. The summed E-state index contributed by atoms with van der Waals surface area (Å²) >= 11 is 3.30. The zero-order valence-corrected chi connectivity index (χ0v) is 7.78. The van der Waals surface area contributed by atoms with E-state index < -0.39 is 0 Å². The topological polar surface area (TPSA) is 26.0 Å². The van der Waals surface area contributed by atoms with E-state index in [0.29, 0.717) is 0 Å². The SMILES string of the molecule is Brc1occc1-c1ccccn1. The van der Waals surface area contributed by atoms with Crippen LogP contribution < -0.4 is 0 Å². The van der Waals surface area contributed by atoms with Crippen molar-refractivity contribution in [1.82, 2.24) is 4.98 Å². The van der Waals surface area contributed by atoms with Crippen molar-refractivity contribution in [3.05, 3.63) is 41.4 Å². The Kier molecular flexibility index (Phi) is 1.96. The maximum absolute atomic E-state index is 5.10. The Balaban J connectivity index is 2.51. The Morgan fingerprint density at radius 3 is 2.75 bits per heavy atom. The Morgan fingerprint density at radius 2 is 2.17 bits per heavy atom. The fourth-order valence-electron chi connectivity index (χ4n) is 0.999. The van der Waals surface area contributed by atoms with E-state index in [1.54, 1.807) is 12.5 Å². The highest BCUT2D eigenvalue weighted by Crippen LogP contribution is 2.26. The molecule has 3 heteroatoms. The molecule has 0 amide bonds. The molecule has 0 aliphatic rings. The van der Waals surface area contributed by atoms with Gasteiger partial charge in [-0.3, -0.25) is 4.98 Å². The van der Waals surface area contributed by atoms with Crippen LogP contribution in [-0.4, -0.2) is 4.98 Å². The van der Waals surface area contributed by atoms with Crippen LogP contribution in [0.1, 0.15) is 0 Å². The number of hydrogen-bond donors (Lipinski definition) is 0. The maximum Gasteiger partial charge on any atom is 0.178 e. The molecular formula is C9H6BrNO. The van der Waals surface area contributed by atoms with E-state index in [9.17, 15) is 0 Å². The van der Waals surface area contributed by atoms with Crippen LogP contribution in [0, 0.1) is 0 Å². The van der Waals surface area contributed by atoms with Crippen molar-refractivity contribution < 1.29 is 4.42 Å². The zero-order chi connectivity index (χ0) is 8.39. The number of aromatic nitrogens is 1. The lowest BCUT2D eigenvalue weighted by Gasteiger charge is -1.94. The smallest absolute Gasteiger partial charge is 0.178 e. The van der Waals surface area contributed by atoms with Crippen molar-refractivity contribution in [2.24, 2.45) is 0 Å². The number of pyridine rings is 1. The van der Waals surface area contributed by atoms with Crippen molar-refractivity contribution in [3.8, 4) is 11.3 Å². The molecule has 2 aromatic rings. The Labute approximate surface area is 78.4 Å². The molecule has 0 fully saturated rings. The number of halogens is 1. The third kappa shape index (κ3) is 1.28. The van der Waals surface area contributed by atoms with E-state index in [0.717, 1.165) is 15.9 Å². The second-order valence-corrected chi connectivity index (χ2v) is 3.04. The first-order chi connectivity index (χ1) is 5.88. The first-order valence-electron chi connectivity index (χ1n) is 3.52. The minimum atomic E-state index is 0.723. The number of hydrogen-bond acceptors (Lipinski definition) is 2. The third-order valence-electron chi connectivity index (χ3n) is 1.56. The molecule has 0 aliphatic carbocycles. The number of furan rings is 1. The quantitative estimate of drug-likeness (QED) is 0.743. The molecular weight excluding hydrogens is 218 g/mol. The fraction of sp³-hybridized carbons (Fsp3) is 0.